The Balaban J connectivity index is 4.25. The molecule has 0 aliphatic rings. The van der Waals surface area contributed by atoms with Crippen molar-refractivity contribution in [3.05, 3.63) is 48.6 Å². The number of carbonyl (C=O) groups excluding carboxylic acids is 2. The van der Waals surface area contributed by atoms with Gasteiger partial charge in [0, 0.05) is 12.8 Å². The van der Waals surface area contributed by atoms with Gasteiger partial charge in [-0.05, 0) is 83.6 Å². The van der Waals surface area contributed by atoms with Gasteiger partial charge in [-0.2, -0.15) is 0 Å². The topological polar surface area (TPSA) is 119 Å². The number of unbranched alkanes of at least 4 members (excludes halogenated alkanes) is 25. The molecule has 0 heterocycles. The van der Waals surface area contributed by atoms with Crippen LogP contribution in [0.3, 0.4) is 0 Å². The molecule has 0 radical (unpaired) electrons. The molecule has 0 aliphatic heterocycles. The van der Waals surface area contributed by atoms with Crippen LogP contribution in [0.15, 0.2) is 48.6 Å². The third-order valence-corrected chi connectivity index (χ3v) is 11.7. The fraction of sp³-hybridized carbons (Fsp3) is 0.796. The smallest absolute Gasteiger partial charge is 0.326 e. The molecule has 0 aromatic carbocycles. The maximum absolute atomic E-state index is 12.9. The van der Waals surface area contributed by atoms with Crippen LogP contribution in [0.5, 0.6) is 0 Å². The zero-order valence-electron chi connectivity index (χ0n) is 40.0. The van der Waals surface area contributed by atoms with Crippen LogP contribution in [0, 0.1) is 0 Å². The molecule has 1 amide bonds. The van der Waals surface area contributed by atoms with Crippen molar-refractivity contribution in [2.45, 2.75) is 270 Å². The van der Waals surface area contributed by atoms with Gasteiger partial charge in [-0.15, -0.1) is 0 Å². The number of carboxylic acid groups (broad SMARTS) is 1. The van der Waals surface area contributed by atoms with Crippen LogP contribution in [0.2, 0.25) is 0 Å². The quantitative estimate of drug-likeness (QED) is 0.0319. The molecule has 0 fully saturated rings. The molecule has 2 atom stereocenters. The van der Waals surface area contributed by atoms with Crippen LogP contribution in [0.4, 0.5) is 0 Å². The monoisotopic (exact) mass is 855 g/mol. The van der Waals surface area contributed by atoms with Gasteiger partial charge >= 0.3 is 11.9 Å². The first-order valence-electron chi connectivity index (χ1n) is 26.0. The van der Waals surface area contributed by atoms with E-state index in [4.69, 9.17) is 10.5 Å². The van der Waals surface area contributed by atoms with E-state index in [2.05, 4.69) is 67.8 Å². The van der Waals surface area contributed by atoms with Gasteiger partial charge in [0.15, 0.2) is 0 Å². The largest absolute Gasteiger partial charge is 0.480 e. The summed E-state index contributed by atoms with van der Waals surface area (Å²) in [5, 5.41) is 12.0. The van der Waals surface area contributed by atoms with Crippen LogP contribution in [0.1, 0.15) is 258 Å². The van der Waals surface area contributed by atoms with Gasteiger partial charge in [0.2, 0.25) is 5.91 Å². The minimum absolute atomic E-state index is 0.0551. The van der Waals surface area contributed by atoms with Crippen molar-refractivity contribution in [3.8, 4) is 0 Å². The highest BCUT2D eigenvalue weighted by molar-refractivity contribution is 5.83. The summed E-state index contributed by atoms with van der Waals surface area (Å²) in [7, 11) is 0. The van der Waals surface area contributed by atoms with Gasteiger partial charge in [0.25, 0.3) is 0 Å². The van der Waals surface area contributed by atoms with E-state index in [9.17, 15) is 19.5 Å². The summed E-state index contributed by atoms with van der Waals surface area (Å²) in [5.74, 6) is -1.27. The Hall–Kier alpha value is -2.67. The average molecular weight is 855 g/mol. The van der Waals surface area contributed by atoms with Gasteiger partial charge < -0.3 is 20.9 Å². The molecule has 0 aromatic rings. The lowest BCUT2D eigenvalue weighted by atomic mass is 10.0. The van der Waals surface area contributed by atoms with E-state index < -0.39 is 12.0 Å². The number of hydrogen-bond acceptors (Lipinski definition) is 5. The number of nitrogens with one attached hydrogen (secondary N) is 1. The molecular weight excluding hydrogens is 757 g/mol. The SMILES string of the molecule is CC/C=C\C/C=C\C/C=C\C/C=C\CCC(CCCCCCCC(=O)NC(CCCN)C(=O)O)OC(=O)CCCCCCCCCCCCCCCCCCCCCCCC. The molecule has 354 valence electrons. The summed E-state index contributed by atoms with van der Waals surface area (Å²) in [6.45, 7) is 4.85. The molecule has 0 saturated heterocycles. The molecule has 0 aliphatic carbocycles. The number of ether oxygens (including phenoxy) is 1. The molecule has 7 heteroatoms. The zero-order valence-corrected chi connectivity index (χ0v) is 40.0. The predicted molar refractivity (Wildman–Crippen MR) is 262 cm³/mol. The fourth-order valence-electron chi connectivity index (χ4n) is 7.80. The van der Waals surface area contributed by atoms with Crippen molar-refractivity contribution >= 4 is 17.8 Å². The van der Waals surface area contributed by atoms with E-state index in [1.54, 1.807) is 0 Å². The van der Waals surface area contributed by atoms with E-state index >= 15 is 0 Å². The number of rotatable bonds is 47. The second-order valence-electron chi connectivity index (χ2n) is 17.6. The Kier molecular flexibility index (Phi) is 46.2. The lowest BCUT2D eigenvalue weighted by molar-refractivity contribution is -0.150. The highest BCUT2D eigenvalue weighted by Gasteiger charge is 2.19. The third kappa shape index (κ3) is 45.2. The normalized spacial score (nSPS) is 13.0. The molecular formula is C54H98N2O5. The number of hydrogen-bond donors (Lipinski definition) is 3. The second-order valence-corrected chi connectivity index (χ2v) is 17.6. The molecule has 0 aromatic heterocycles. The lowest BCUT2D eigenvalue weighted by Crippen LogP contribution is -2.40. The summed E-state index contributed by atoms with van der Waals surface area (Å²) < 4.78 is 6.04. The summed E-state index contributed by atoms with van der Waals surface area (Å²) in [6, 6.07) is -0.865. The first-order chi connectivity index (χ1) is 29.9. The Morgan fingerprint density at radius 2 is 0.902 bits per heavy atom. The summed E-state index contributed by atoms with van der Waals surface area (Å²) in [5.41, 5.74) is 5.50. The van der Waals surface area contributed by atoms with E-state index in [0.29, 0.717) is 32.2 Å². The van der Waals surface area contributed by atoms with E-state index in [-0.39, 0.29) is 18.0 Å². The van der Waals surface area contributed by atoms with Crippen LogP contribution >= 0.6 is 0 Å². The predicted octanol–water partition coefficient (Wildman–Crippen LogP) is 15.5. The highest BCUT2D eigenvalue weighted by Crippen LogP contribution is 2.18. The van der Waals surface area contributed by atoms with Gasteiger partial charge in [-0.3, -0.25) is 9.59 Å². The molecule has 0 spiro atoms. The number of aliphatic carboxylic acids is 1. The van der Waals surface area contributed by atoms with Crippen molar-refractivity contribution in [3.63, 3.8) is 0 Å². The summed E-state index contributed by atoms with van der Waals surface area (Å²) in [6.07, 6.45) is 60.4. The van der Waals surface area contributed by atoms with Crippen LogP contribution in [-0.4, -0.2) is 41.6 Å². The number of carboxylic acids is 1. The number of carbonyl (C=O) groups is 3. The first-order valence-corrected chi connectivity index (χ1v) is 26.0. The highest BCUT2D eigenvalue weighted by atomic mass is 16.5. The minimum Gasteiger partial charge on any atom is -0.480 e. The van der Waals surface area contributed by atoms with Gasteiger partial charge in [0.1, 0.15) is 12.1 Å². The Morgan fingerprint density at radius 1 is 0.492 bits per heavy atom. The van der Waals surface area contributed by atoms with Gasteiger partial charge in [-0.25, -0.2) is 4.79 Å². The fourth-order valence-corrected chi connectivity index (χ4v) is 7.80. The minimum atomic E-state index is -1.01. The number of allylic oxidation sites excluding steroid dienone is 8. The van der Waals surface area contributed by atoms with Crippen LogP contribution in [0.25, 0.3) is 0 Å². The number of nitrogens with two attached hydrogens (primary N) is 1. The Morgan fingerprint density at radius 3 is 1.34 bits per heavy atom. The Bertz CT molecular complexity index is 1100. The van der Waals surface area contributed by atoms with Gasteiger partial charge in [-0.1, -0.05) is 217 Å². The van der Waals surface area contributed by atoms with Crippen molar-refractivity contribution in [1.82, 2.24) is 5.32 Å². The lowest BCUT2D eigenvalue weighted by Gasteiger charge is -2.17. The van der Waals surface area contributed by atoms with Gasteiger partial charge in [0.05, 0.1) is 0 Å². The molecule has 2 unspecified atom stereocenters. The summed E-state index contributed by atoms with van der Waals surface area (Å²) >= 11 is 0. The van der Waals surface area contributed by atoms with E-state index in [1.165, 1.54) is 128 Å². The van der Waals surface area contributed by atoms with Crippen molar-refractivity contribution in [1.29, 1.82) is 0 Å². The molecule has 0 bridgehead atoms. The first kappa shape index (κ1) is 58.3. The molecule has 0 rings (SSSR count). The Labute approximate surface area is 377 Å². The summed E-state index contributed by atoms with van der Waals surface area (Å²) in [4.78, 5) is 36.5. The number of amides is 1. The molecule has 0 saturated carbocycles. The van der Waals surface area contributed by atoms with E-state index in [0.717, 1.165) is 89.9 Å². The van der Waals surface area contributed by atoms with Crippen LogP contribution < -0.4 is 11.1 Å². The zero-order chi connectivity index (χ0) is 44.5. The molecule has 7 nitrogen and oxygen atoms in total. The number of esters is 1. The third-order valence-electron chi connectivity index (χ3n) is 11.7. The standard InChI is InChI=1S/C54H98N2O5/c1-3-5-7-9-11-13-15-17-18-19-20-21-22-23-24-25-27-29-31-33-38-42-48-53(58)61-50(44-39-35-32-30-28-26-16-14-12-10-8-6-4-2)45-40-36-34-37-41-47-52(57)56-51(54(59)60)46-43-49-55/h6,8,12,14,26,28,32,35,50-51H,3-5,7,9-11,13,15-25,27,29-31,33-34,36-49,55H2,1-2H3,(H,56,57)(H,59,60)/b8-6-,14-12-,28-26-,35-32-. The second kappa shape index (κ2) is 48.4. The van der Waals surface area contributed by atoms with Crippen molar-refractivity contribution in [2.24, 2.45) is 5.73 Å². The average Bonchev–Trinajstić information content (AvgIpc) is 3.25. The van der Waals surface area contributed by atoms with Crippen LogP contribution in [-0.2, 0) is 19.1 Å². The molecule has 61 heavy (non-hydrogen) atoms. The molecule has 4 N–H and O–H groups in total. The van der Waals surface area contributed by atoms with Crippen molar-refractivity contribution < 1.29 is 24.2 Å². The van der Waals surface area contributed by atoms with Crippen molar-refractivity contribution in [2.75, 3.05) is 6.54 Å². The van der Waals surface area contributed by atoms with E-state index in [1.807, 2.05) is 0 Å². The maximum atomic E-state index is 12.9. The maximum Gasteiger partial charge on any atom is 0.326 e.